The number of aliphatic hydroxyl groups excluding tert-OH is 1. The molecule has 1 N–H and O–H groups in total. The molecule has 2 nitrogen and oxygen atoms in total. The van der Waals surface area contributed by atoms with Crippen molar-refractivity contribution in [1.82, 2.24) is 0 Å². The van der Waals surface area contributed by atoms with Crippen LogP contribution in [0.5, 0.6) is 0 Å². The van der Waals surface area contributed by atoms with Crippen LogP contribution in [-0.2, 0) is 4.74 Å². The Bertz CT molecular complexity index is 74.2. The van der Waals surface area contributed by atoms with E-state index in [9.17, 15) is 0 Å². The highest BCUT2D eigenvalue weighted by atomic mass is 79.9. The number of rotatable bonds is 5. The second-order valence-corrected chi connectivity index (χ2v) is 2.38. The van der Waals surface area contributed by atoms with Gasteiger partial charge in [0.05, 0.1) is 12.5 Å². The summed E-state index contributed by atoms with van der Waals surface area (Å²) >= 11 is 3.24. The van der Waals surface area contributed by atoms with Crippen LogP contribution in [0.2, 0.25) is 0 Å². The Morgan fingerprint density at radius 2 is 1.82 bits per heavy atom. The molecule has 0 spiro atoms. The molecule has 0 aliphatic carbocycles. The first-order valence-electron chi connectivity index (χ1n) is 3.37. The first kappa shape index (κ1) is 13.3. The van der Waals surface area contributed by atoms with Gasteiger partial charge in [-0.25, -0.2) is 0 Å². The van der Waals surface area contributed by atoms with Gasteiger partial charge in [0.1, 0.15) is 0 Å². The largest absolute Gasteiger partial charge is 0.474 e. The maximum atomic E-state index is 8.18. The molecular weight excluding hydrogens is 208 g/mol. The second kappa shape index (κ2) is 16.4. The van der Waals surface area contributed by atoms with E-state index >= 15 is 0 Å². The molecule has 66 valence electrons. The predicted molar refractivity (Wildman–Crippen MR) is 51.6 cm³/mol. The predicted octanol–water partition coefficient (Wildman–Crippen LogP) is 2.44. The second-order valence-electron chi connectivity index (χ2n) is 1.59. The molecule has 0 atom stereocenters. The summed E-state index contributed by atoms with van der Waals surface area (Å²) in [5, 5.41) is 9.18. The quantitative estimate of drug-likeness (QED) is 0.440. The molecule has 0 aliphatic rings. The molecule has 0 fully saturated rings. The lowest BCUT2D eigenvalue weighted by Crippen LogP contribution is -1.80. The minimum absolute atomic E-state index is 0.325. The summed E-state index contributed by atoms with van der Waals surface area (Å²) in [5.41, 5.74) is 0. The summed E-state index contributed by atoms with van der Waals surface area (Å²) in [6, 6.07) is 0. The van der Waals surface area contributed by atoms with E-state index in [-0.39, 0.29) is 0 Å². The van der Waals surface area contributed by atoms with Crippen LogP contribution in [0, 0.1) is 0 Å². The van der Waals surface area contributed by atoms with Crippen LogP contribution in [0.4, 0.5) is 0 Å². The Labute approximate surface area is 76.7 Å². The zero-order valence-electron chi connectivity index (χ0n) is 6.63. The van der Waals surface area contributed by atoms with E-state index in [0.29, 0.717) is 6.61 Å². The van der Waals surface area contributed by atoms with Crippen molar-refractivity contribution in [3.8, 4) is 0 Å². The summed E-state index contributed by atoms with van der Waals surface area (Å²) in [4.78, 5) is 0. The highest BCUT2D eigenvalue weighted by molar-refractivity contribution is 9.09. The highest BCUT2D eigenvalue weighted by Gasteiger charge is 1.77. The number of hydrogen-bond acceptors (Lipinski definition) is 2. The van der Waals surface area contributed by atoms with Crippen molar-refractivity contribution in [1.29, 1.82) is 0 Å². The maximum Gasteiger partial charge on any atom is 0.0829 e. The first-order chi connectivity index (χ1) is 5.33. The van der Waals surface area contributed by atoms with Crippen LogP contribution in [0.1, 0.15) is 12.8 Å². The Hall–Kier alpha value is -0.280. The molecule has 0 saturated heterocycles. The lowest BCUT2D eigenvalue weighted by atomic mass is 10.4. The van der Waals surface area contributed by atoms with E-state index in [2.05, 4.69) is 33.8 Å². The Balaban J connectivity index is 0. The number of unbranched alkanes of at least 4 members (excludes halogenated alkanes) is 1. The van der Waals surface area contributed by atoms with Gasteiger partial charge in [-0.2, -0.15) is 0 Å². The van der Waals surface area contributed by atoms with Gasteiger partial charge in [-0.3, -0.25) is 0 Å². The highest BCUT2D eigenvalue weighted by Crippen LogP contribution is 1.90. The van der Waals surface area contributed by atoms with Crippen LogP contribution in [0.25, 0.3) is 0 Å². The summed E-state index contributed by atoms with van der Waals surface area (Å²) in [6.45, 7) is 6.84. The van der Waals surface area contributed by atoms with E-state index < -0.39 is 0 Å². The number of ether oxygens (including phenoxy) is 1. The summed E-state index contributed by atoms with van der Waals surface area (Å²) in [5.74, 6) is 0. The molecule has 0 heterocycles. The van der Waals surface area contributed by atoms with Crippen molar-refractivity contribution in [2.75, 3.05) is 11.9 Å². The molecule has 0 rings (SSSR count). The number of aliphatic hydroxyl groups is 1. The third-order valence-corrected chi connectivity index (χ3v) is 1.29. The van der Waals surface area contributed by atoms with E-state index in [1.54, 1.807) is 0 Å². The molecule has 0 amide bonds. The van der Waals surface area contributed by atoms with Crippen molar-refractivity contribution < 1.29 is 9.84 Å². The van der Waals surface area contributed by atoms with Gasteiger partial charge in [0, 0.05) is 11.9 Å². The Morgan fingerprint density at radius 1 is 1.27 bits per heavy atom. The normalized spacial score (nSPS) is 7.45. The molecule has 0 radical (unpaired) electrons. The minimum Gasteiger partial charge on any atom is -0.474 e. The molecule has 3 heteroatoms. The molecule has 11 heavy (non-hydrogen) atoms. The molecule has 0 bridgehead atoms. The van der Waals surface area contributed by atoms with Crippen LogP contribution < -0.4 is 0 Å². The fourth-order valence-electron chi connectivity index (χ4n) is 0.274. The van der Waals surface area contributed by atoms with Crippen molar-refractivity contribution in [2.45, 2.75) is 12.8 Å². The summed E-state index contributed by atoms with van der Waals surface area (Å²) < 4.78 is 4.36. The molecule has 0 aromatic carbocycles. The van der Waals surface area contributed by atoms with E-state index in [4.69, 9.17) is 5.11 Å². The van der Waals surface area contributed by atoms with Gasteiger partial charge in [-0.15, -0.1) is 0 Å². The van der Waals surface area contributed by atoms with Gasteiger partial charge in [0.25, 0.3) is 0 Å². The van der Waals surface area contributed by atoms with E-state index in [0.717, 1.165) is 18.2 Å². The van der Waals surface area contributed by atoms with Crippen molar-refractivity contribution in [2.24, 2.45) is 0 Å². The van der Waals surface area contributed by atoms with Gasteiger partial charge in [-0.1, -0.05) is 29.1 Å². The Kier molecular flexibility index (Phi) is 19.8. The smallest absolute Gasteiger partial charge is 0.0829 e. The minimum atomic E-state index is 0.325. The fourth-order valence-corrected chi connectivity index (χ4v) is 0.671. The first-order valence-corrected chi connectivity index (χ1v) is 4.49. The standard InChI is InChI=1S/C4H9BrO.C4H6O/c5-3-1-2-4-6;1-3-5-4-2/h6H,1-4H2;3-4H,1-2H2. The van der Waals surface area contributed by atoms with Crippen molar-refractivity contribution in [3.05, 3.63) is 25.7 Å². The molecular formula is C8H15BrO2. The monoisotopic (exact) mass is 222 g/mol. The van der Waals surface area contributed by atoms with Crippen LogP contribution >= 0.6 is 15.9 Å². The lowest BCUT2D eigenvalue weighted by Gasteiger charge is -1.84. The van der Waals surface area contributed by atoms with Crippen molar-refractivity contribution >= 4 is 15.9 Å². The lowest BCUT2D eigenvalue weighted by molar-refractivity contribution is 0.287. The molecule has 0 aromatic heterocycles. The van der Waals surface area contributed by atoms with Gasteiger partial charge in [-0.05, 0) is 12.8 Å². The average molecular weight is 223 g/mol. The third-order valence-electron chi connectivity index (χ3n) is 0.734. The third kappa shape index (κ3) is 26.0. The van der Waals surface area contributed by atoms with E-state index in [1.807, 2.05) is 0 Å². The van der Waals surface area contributed by atoms with Gasteiger partial charge in [0.2, 0.25) is 0 Å². The zero-order valence-corrected chi connectivity index (χ0v) is 8.22. The molecule has 0 saturated carbocycles. The van der Waals surface area contributed by atoms with Crippen LogP contribution in [0.3, 0.4) is 0 Å². The maximum absolute atomic E-state index is 8.18. The van der Waals surface area contributed by atoms with E-state index in [1.165, 1.54) is 12.5 Å². The van der Waals surface area contributed by atoms with Crippen molar-refractivity contribution in [3.63, 3.8) is 0 Å². The fraction of sp³-hybridized carbons (Fsp3) is 0.500. The Morgan fingerprint density at radius 3 is 1.91 bits per heavy atom. The average Bonchev–Trinajstić information content (AvgIpc) is 2.04. The molecule has 0 unspecified atom stereocenters. The van der Waals surface area contributed by atoms with Crippen LogP contribution in [0.15, 0.2) is 25.7 Å². The topological polar surface area (TPSA) is 29.5 Å². The molecule has 0 aromatic rings. The number of hydrogen-bond donors (Lipinski definition) is 1. The molecule has 0 aliphatic heterocycles. The van der Waals surface area contributed by atoms with Gasteiger partial charge >= 0.3 is 0 Å². The zero-order chi connectivity index (χ0) is 8.95. The van der Waals surface area contributed by atoms with Crippen LogP contribution in [-0.4, -0.2) is 17.0 Å². The summed E-state index contributed by atoms with van der Waals surface area (Å²) in [7, 11) is 0. The number of halogens is 1. The number of alkyl halides is 1. The SMILES string of the molecule is C=COC=C.OCCCCBr. The summed E-state index contributed by atoms with van der Waals surface area (Å²) in [6.07, 6.45) is 4.63. The van der Waals surface area contributed by atoms with Gasteiger partial charge < -0.3 is 9.84 Å². The van der Waals surface area contributed by atoms with Gasteiger partial charge in [0.15, 0.2) is 0 Å².